The smallest absolute Gasteiger partial charge is 0.119 e. The van der Waals surface area contributed by atoms with E-state index in [4.69, 9.17) is 4.74 Å². The van der Waals surface area contributed by atoms with Gasteiger partial charge in [-0.15, -0.1) is 0 Å². The number of hydrogen-bond donors (Lipinski definition) is 0. The number of para-hydroxylation sites is 1. The Balaban J connectivity index is 1.31. The highest BCUT2D eigenvalue weighted by Gasteiger charge is 2.70. The van der Waals surface area contributed by atoms with Crippen molar-refractivity contribution in [3.8, 4) is 5.75 Å². The minimum absolute atomic E-state index is 0.198. The predicted octanol–water partition coefficient (Wildman–Crippen LogP) is 10.1. The highest BCUT2D eigenvalue weighted by atomic mass is 16.5. The summed E-state index contributed by atoms with van der Waals surface area (Å²) in [6.45, 7) is 22.9. The van der Waals surface area contributed by atoms with Crippen LogP contribution in [0.4, 0.5) is 0 Å². The fraction of sp³-hybridized carbons (Fsp3) is 0.778. The number of allylic oxidation sites excluding steroid dienone is 1. The van der Waals surface area contributed by atoms with Gasteiger partial charge in [-0.3, -0.25) is 0 Å². The zero-order valence-corrected chi connectivity index (χ0v) is 25.0. The average molecular weight is 503 g/mol. The zero-order chi connectivity index (χ0) is 26.4. The quantitative estimate of drug-likeness (QED) is 0.374. The third-order valence-electron chi connectivity index (χ3n) is 14.4. The number of benzene rings is 1. The molecule has 0 amide bonds. The van der Waals surface area contributed by atoms with Gasteiger partial charge in [0.1, 0.15) is 11.9 Å². The van der Waals surface area contributed by atoms with Gasteiger partial charge in [-0.1, -0.05) is 71.9 Å². The van der Waals surface area contributed by atoms with E-state index < -0.39 is 0 Å². The molecule has 5 fully saturated rings. The molecule has 1 aromatic rings. The van der Waals surface area contributed by atoms with Crippen molar-refractivity contribution in [1.29, 1.82) is 0 Å². The average Bonchev–Trinajstić information content (AvgIpc) is 3.20. The molecule has 6 rings (SSSR count). The Morgan fingerprint density at radius 3 is 2.19 bits per heavy atom. The van der Waals surface area contributed by atoms with E-state index >= 15 is 0 Å². The molecule has 1 nitrogen and oxygen atoms in total. The van der Waals surface area contributed by atoms with Crippen LogP contribution in [-0.4, -0.2) is 6.10 Å². The molecule has 204 valence electrons. The molecule has 0 unspecified atom stereocenters. The van der Waals surface area contributed by atoms with Gasteiger partial charge in [-0.2, -0.15) is 0 Å². The Labute approximate surface area is 228 Å². The van der Waals surface area contributed by atoms with E-state index in [0.717, 1.165) is 35.3 Å². The standard InChI is InChI=1S/C36H54O/c1-24(2)26-16-19-33(5)22-23-35(7)27(31(26)33)14-15-29-34(6)20-18-30(37-25-12-10-9-11-13-25)32(3,4)28(34)17-21-36(29,35)8/h9-13,26-31H,1,14-23H2,2-8H3/t26-,27-,28-,29+,30-,31-,33+,34-,35+,36+/m0/s1. The molecule has 0 aliphatic heterocycles. The molecule has 0 bridgehead atoms. The lowest BCUT2D eigenvalue weighted by Gasteiger charge is -2.73. The van der Waals surface area contributed by atoms with Crippen molar-refractivity contribution >= 4 is 0 Å². The molecular weight excluding hydrogens is 448 g/mol. The third-order valence-corrected chi connectivity index (χ3v) is 14.4. The van der Waals surface area contributed by atoms with Crippen molar-refractivity contribution in [2.24, 2.45) is 56.7 Å². The first-order valence-electron chi connectivity index (χ1n) is 15.7. The lowest BCUT2D eigenvalue weighted by atomic mass is 9.32. The normalized spacial score (nSPS) is 50.2. The number of ether oxygens (including phenoxy) is 1. The second kappa shape index (κ2) is 8.38. The molecule has 10 atom stereocenters. The predicted molar refractivity (Wildman–Crippen MR) is 156 cm³/mol. The second-order valence-corrected chi connectivity index (χ2v) is 16.1. The molecule has 1 heteroatoms. The van der Waals surface area contributed by atoms with Gasteiger partial charge in [-0.05, 0) is 135 Å². The van der Waals surface area contributed by atoms with Gasteiger partial charge in [0.2, 0.25) is 0 Å². The highest BCUT2D eigenvalue weighted by molar-refractivity contribution is 5.24. The van der Waals surface area contributed by atoms with E-state index in [0.29, 0.717) is 27.8 Å². The first-order chi connectivity index (χ1) is 17.4. The van der Waals surface area contributed by atoms with Gasteiger partial charge in [-0.25, -0.2) is 0 Å². The van der Waals surface area contributed by atoms with E-state index in [-0.39, 0.29) is 5.41 Å². The van der Waals surface area contributed by atoms with Gasteiger partial charge < -0.3 is 4.74 Å². The topological polar surface area (TPSA) is 9.23 Å². The fourth-order valence-electron chi connectivity index (χ4n) is 12.3. The Hall–Kier alpha value is -1.24. The maximum Gasteiger partial charge on any atom is 0.119 e. The van der Waals surface area contributed by atoms with Crippen LogP contribution in [0.15, 0.2) is 42.5 Å². The van der Waals surface area contributed by atoms with E-state index in [1.165, 1.54) is 69.8 Å². The van der Waals surface area contributed by atoms with Gasteiger partial charge >= 0.3 is 0 Å². The minimum atomic E-state index is 0.198. The molecule has 0 N–H and O–H groups in total. The van der Waals surface area contributed by atoms with E-state index in [9.17, 15) is 0 Å². The monoisotopic (exact) mass is 502 g/mol. The SMILES string of the molecule is C=C(C)[C@@H]1CC[C@]2(C)CC[C@]3(C)[C@@H](CC[C@@H]4[C@@]5(C)CC[C@H](Oc6ccccc6)C(C)(C)[C@@H]5CC[C@]43C)[C@H]12. The molecule has 5 saturated carbocycles. The van der Waals surface area contributed by atoms with Crippen LogP contribution >= 0.6 is 0 Å². The lowest BCUT2D eigenvalue weighted by Crippen LogP contribution is -2.66. The van der Waals surface area contributed by atoms with Crippen LogP contribution in [0.5, 0.6) is 5.75 Å². The second-order valence-electron chi connectivity index (χ2n) is 16.1. The zero-order valence-electron chi connectivity index (χ0n) is 25.0. The van der Waals surface area contributed by atoms with Crippen LogP contribution < -0.4 is 4.74 Å². The van der Waals surface area contributed by atoms with Crippen LogP contribution in [0.2, 0.25) is 0 Å². The lowest BCUT2D eigenvalue weighted by molar-refractivity contribution is -0.244. The van der Waals surface area contributed by atoms with Gasteiger partial charge in [0.25, 0.3) is 0 Å². The first-order valence-corrected chi connectivity index (χ1v) is 15.7. The summed E-state index contributed by atoms with van der Waals surface area (Å²) < 4.78 is 6.72. The number of rotatable bonds is 3. The number of fused-ring (bicyclic) bond motifs is 7. The molecule has 37 heavy (non-hydrogen) atoms. The molecular formula is C36H54O. The summed E-state index contributed by atoms with van der Waals surface area (Å²) in [5.74, 6) is 5.12. The largest absolute Gasteiger partial charge is 0.490 e. The molecule has 0 saturated heterocycles. The maximum absolute atomic E-state index is 6.72. The minimum Gasteiger partial charge on any atom is -0.490 e. The molecule has 0 aromatic heterocycles. The van der Waals surface area contributed by atoms with Crippen LogP contribution in [0, 0.1) is 56.7 Å². The maximum atomic E-state index is 6.72. The summed E-state index contributed by atoms with van der Waals surface area (Å²) >= 11 is 0. The first kappa shape index (κ1) is 26.0. The van der Waals surface area contributed by atoms with Crippen molar-refractivity contribution in [2.75, 3.05) is 0 Å². The summed E-state index contributed by atoms with van der Waals surface area (Å²) in [6.07, 6.45) is 14.2. The van der Waals surface area contributed by atoms with Crippen molar-refractivity contribution < 1.29 is 4.74 Å². The van der Waals surface area contributed by atoms with Crippen LogP contribution in [0.3, 0.4) is 0 Å². The molecule has 5 aliphatic rings. The van der Waals surface area contributed by atoms with E-state index in [2.05, 4.69) is 85.4 Å². The Morgan fingerprint density at radius 1 is 0.757 bits per heavy atom. The molecule has 0 radical (unpaired) electrons. The van der Waals surface area contributed by atoms with Gasteiger partial charge in [0.15, 0.2) is 0 Å². The highest BCUT2D eigenvalue weighted by Crippen LogP contribution is 2.77. The molecule has 1 aromatic carbocycles. The van der Waals surface area contributed by atoms with Crippen molar-refractivity contribution in [1.82, 2.24) is 0 Å². The van der Waals surface area contributed by atoms with Crippen molar-refractivity contribution in [3.05, 3.63) is 42.5 Å². The molecule has 0 heterocycles. The summed E-state index contributed by atoms with van der Waals surface area (Å²) in [5.41, 5.74) is 3.56. The summed E-state index contributed by atoms with van der Waals surface area (Å²) in [4.78, 5) is 0. The number of hydrogen-bond acceptors (Lipinski definition) is 1. The molecule has 0 spiro atoms. The van der Waals surface area contributed by atoms with Gasteiger partial charge in [0.05, 0.1) is 0 Å². The fourth-order valence-corrected chi connectivity index (χ4v) is 12.3. The molecule has 5 aliphatic carbocycles. The summed E-state index contributed by atoms with van der Waals surface area (Å²) in [5, 5.41) is 0. The van der Waals surface area contributed by atoms with E-state index in [1.807, 2.05) is 0 Å². The van der Waals surface area contributed by atoms with Crippen LogP contribution in [-0.2, 0) is 0 Å². The summed E-state index contributed by atoms with van der Waals surface area (Å²) in [6, 6.07) is 10.6. The van der Waals surface area contributed by atoms with Gasteiger partial charge in [0, 0.05) is 5.41 Å². The van der Waals surface area contributed by atoms with Crippen molar-refractivity contribution in [2.45, 2.75) is 119 Å². The summed E-state index contributed by atoms with van der Waals surface area (Å²) in [7, 11) is 0. The Kier molecular flexibility index (Phi) is 5.89. The van der Waals surface area contributed by atoms with E-state index in [1.54, 1.807) is 0 Å². The van der Waals surface area contributed by atoms with Crippen LogP contribution in [0.25, 0.3) is 0 Å². The Morgan fingerprint density at radius 2 is 1.49 bits per heavy atom. The third kappa shape index (κ3) is 3.47. The Bertz CT molecular complexity index is 1040. The van der Waals surface area contributed by atoms with Crippen molar-refractivity contribution in [3.63, 3.8) is 0 Å². The van der Waals surface area contributed by atoms with Crippen LogP contribution in [0.1, 0.15) is 113 Å².